The van der Waals surface area contributed by atoms with Crippen LogP contribution in [0, 0.1) is 0 Å². The molecular weight excluding hydrogens is 244 g/mol. The average Bonchev–Trinajstić information content (AvgIpc) is 2.38. The molecule has 2 rings (SSSR count). The monoisotopic (exact) mass is 262 g/mol. The number of anilines is 1. The highest BCUT2D eigenvalue weighted by molar-refractivity contribution is 6.02. The average molecular weight is 262 g/mol. The van der Waals surface area contributed by atoms with Gasteiger partial charge in [0.2, 0.25) is 11.8 Å². The van der Waals surface area contributed by atoms with Gasteiger partial charge in [0.15, 0.2) is 0 Å². The van der Waals surface area contributed by atoms with Gasteiger partial charge in [0.1, 0.15) is 0 Å². The van der Waals surface area contributed by atoms with E-state index in [1.54, 1.807) is 11.1 Å². The van der Waals surface area contributed by atoms with Crippen molar-refractivity contribution < 1.29 is 9.59 Å². The lowest BCUT2D eigenvalue weighted by Gasteiger charge is -2.27. The van der Waals surface area contributed by atoms with E-state index >= 15 is 0 Å². The number of piperazine rings is 1. The van der Waals surface area contributed by atoms with E-state index in [0.29, 0.717) is 0 Å². The van der Waals surface area contributed by atoms with E-state index in [1.807, 2.05) is 26.0 Å². The van der Waals surface area contributed by atoms with Crippen LogP contribution in [0.15, 0.2) is 18.3 Å². The van der Waals surface area contributed by atoms with Crippen LogP contribution < -0.4 is 15.5 Å². The molecular formula is C13H18N4O2. The lowest BCUT2D eigenvalue weighted by atomic mass is 10.2. The molecule has 2 heterocycles. The van der Waals surface area contributed by atoms with Gasteiger partial charge in [-0.15, -0.1) is 0 Å². The second kappa shape index (κ2) is 5.79. The van der Waals surface area contributed by atoms with E-state index in [0.717, 1.165) is 17.9 Å². The molecule has 0 aliphatic carbocycles. The van der Waals surface area contributed by atoms with Gasteiger partial charge in [-0.2, -0.15) is 0 Å². The predicted octanol–water partition coefficient (Wildman–Crippen LogP) is 0.215. The van der Waals surface area contributed by atoms with E-state index in [2.05, 4.69) is 15.6 Å². The minimum atomic E-state index is -0.277. The second-order valence-corrected chi connectivity index (χ2v) is 4.55. The molecule has 1 aromatic heterocycles. The summed E-state index contributed by atoms with van der Waals surface area (Å²) in [6.45, 7) is 5.35. The molecule has 1 atom stereocenters. The van der Waals surface area contributed by atoms with Crippen LogP contribution >= 0.6 is 0 Å². The Morgan fingerprint density at radius 2 is 2.05 bits per heavy atom. The highest BCUT2D eigenvalue weighted by atomic mass is 16.2. The van der Waals surface area contributed by atoms with Crippen molar-refractivity contribution in [2.45, 2.75) is 19.9 Å². The lowest BCUT2D eigenvalue weighted by Crippen LogP contribution is -2.51. The van der Waals surface area contributed by atoms with Crippen LogP contribution in [0.4, 0.5) is 5.69 Å². The molecule has 2 amide bonds. The molecule has 102 valence electrons. The summed E-state index contributed by atoms with van der Waals surface area (Å²) in [5.41, 5.74) is 1.73. The number of pyridine rings is 1. The standard InChI is InChI=1S/C13H18N4O2/c1-3-14-9(2)11-5-4-10(6-15-11)17-7-12(18)16-13(19)8-17/h4-6,9,14H,3,7-8H2,1-2H3,(H,16,18,19). The van der Waals surface area contributed by atoms with Crippen LogP contribution in [-0.4, -0.2) is 36.4 Å². The van der Waals surface area contributed by atoms with Gasteiger partial charge in [-0.05, 0) is 25.6 Å². The Kier molecular flexibility index (Phi) is 4.11. The van der Waals surface area contributed by atoms with E-state index in [4.69, 9.17) is 0 Å². The van der Waals surface area contributed by atoms with E-state index < -0.39 is 0 Å². The topological polar surface area (TPSA) is 74.3 Å². The Morgan fingerprint density at radius 3 is 2.58 bits per heavy atom. The summed E-state index contributed by atoms with van der Waals surface area (Å²) in [6.07, 6.45) is 1.70. The summed E-state index contributed by atoms with van der Waals surface area (Å²) in [4.78, 5) is 28.7. The molecule has 1 aromatic rings. The van der Waals surface area contributed by atoms with Crippen molar-refractivity contribution in [2.75, 3.05) is 24.5 Å². The number of amides is 2. The van der Waals surface area contributed by atoms with Crippen molar-refractivity contribution in [2.24, 2.45) is 0 Å². The number of hydrogen-bond donors (Lipinski definition) is 2. The second-order valence-electron chi connectivity index (χ2n) is 4.55. The molecule has 6 heteroatoms. The maximum Gasteiger partial charge on any atom is 0.246 e. The Balaban J connectivity index is 2.09. The molecule has 1 fully saturated rings. The fourth-order valence-corrected chi connectivity index (χ4v) is 2.07. The number of imide groups is 1. The van der Waals surface area contributed by atoms with Crippen molar-refractivity contribution in [3.8, 4) is 0 Å². The molecule has 1 aliphatic heterocycles. The Hall–Kier alpha value is -1.95. The van der Waals surface area contributed by atoms with Crippen LogP contribution in [0.2, 0.25) is 0 Å². The molecule has 0 bridgehead atoms. The van der Waals surface area contributed by atoms with Crippen molar-refractivity contribution >= 4 is 17.5 Å². The first-order valence-electron chi connectivity index (χ1n) is 6.37. The first-order chi connectivity index (χ1) is 9.10. The number of nitrogens with one attached hydrogen (secondary N) is 2. The number of aromatic nitrogens is 1. The highest BCUT2D eigenvalue weighted by Gasteiger charge is 2.22. The Morgan fingerprint density at radius 1 is 1.37 bits per heavy atom. The Bertz CT molecular complexity index is 456. The van der Waals surface area contributed by atoms with Crippen LogP contribution in [0.1, 0.15) is 25.6 Å². The molecule has 1 saturated heterocycles. The molecule has 1 unspecified atom stereocenters. The van der Waals surface area contributed by atoms with Crippen molar-refractivity contribution in [1.29, 1.82) is 0 Å². The third-order valence-electron chi connectivity index (χ3n) is 3.04. The minimum Gasteiger partial charge on any atom is -0.352 e. The van der Waals surface area contributed by atoms with Crippen molar-refractivity contribution in [3.05, 3.63) is 24.0 Å². The first kappa shape index (κ1) is 13.5. The van der Waals surface area contributed by atoms with Gasteiger partial charge in [0, 0.05) is 6.04 Å². The third-order valence-corrected chi connectivity index (χ3v) is 3.04. The Labute approximate surface area is 112 Å². The molecule has 0 radical (unpaired) electrons. The predicted molar refractivity (Wildman–Crippen MR) is 71.7 cm³/mol. The molecule has 19 heavy (non-hydrogen) atoms. The van der Waals surface area contributed by atoms with Crippen LogP contribution in [0.5, 0.6) is 0 Å². The largest absolute Gasteiger partial charge is 0.352 e. The van der Waals surface area contributed by atoms with Gasteiger partial charge >= 0.3 is 0 Å². The number of carbonyl (C=O) groups excluding carboxylic acids is 2. The van der Waals surface area contributed by atoms with Crippen LogP contribution in [0.25, 0.3) is 0 Å². The van der Waals surface area contributed by atoms with Crippen molar-refractivity contribution in [1.82, 2.24) is 15.6 Å². The number of rotatable bonds is 4. The van der Waals surface area contributed by atoms with Gasteiger partial charge in [0.05, 0.1) is 30.7 Å². The van der Waals surface area contributed by atoms with Crippen LogP contribution in [-0.2, 0) is 9.59 Å². The summed E-state index contributed by atoms with van der Waals surface area (Å²) in [6, 6.07) is 3.99. The highest BCUT2D eigenvalue weighted by Crippen LogP contribution is 2.17. The van der Waals surface area contributed by atoms with Gasteiger partial charge < -0.3 is 10.2 Å². The molecule has 0 aromatic carbocycles. The third kappa shape index (κ3) is 3.29. The zero-order valence-electron chi connectivity index (χ0n) is 11.1. The van der Waals surface area contributed by atoms with Gasteiger partial charge in [0.25, 0.3) is 0 Å². The summed E-state index contributed by atoms with van der Waals surface area (Å²) in [7, 11) is 0. The van der Waals surface area contributed by atoms with E-state index in [9.17, 15) is 9.59 Å². The number of carbonyl (C=O) groups is 2. The normalized spacial score (nSPS) is 17.3. The number of nitrogens with zero attached hydrogens (tertiary/aromatic N) is 2. The molecule has 6 nitrogen and oxygen atoms in total. The summed E-state index contributed by atoms with van der Waals surface area (Å²) >= 11 is 0. The maximum absolute atomic E-state index is 11.3. The van der Waals surface area contributed by atoms with E-state index in [-0.39, 0.29) is 30.9 Å². The zero-order chi connectivity index (χ0) is 13.8. The first-order valence-corrected chi connectivity index (χ1v) is 6.37. The minimum absolute atomic E-state index is 0.185. The molecule has 1 aliphatic rings. The van der Waals surface area contributed by atoms with Crippen LogP contribution in [0.3, 0.4) is 0 Å². The summed E-state index contributed by atoms with van der Waals surface area (Å²) < 4.78 is 0. The maximum atomic E-state index is 11.3. The lowest BCUT2D eigenvalue weighted by molar-refractivity contribution is -0.130. The fourth-order valence-electron chi connectivity index (χ4n) is 2.07. The van der Waals surface area contributed by atoms with Gasteiger partial charge in [-0.3, -0.25) is 19.9 Å². The van der Waals surface area contributed by atoms with Crippen molar-refractivity contribution in [3.63, 3.8) is 0 Å². The summed E-state index contributed by atoms with van der Waals surface area (Å²) in [5, 5.41) is 5.56. The summed E-state index contributed by atoms with van der Waals surface area (Å²) in [5.74, 6) is -0.553. The van der Waals surface area contributed by atoms with Gasteiger partial charge in [-0.25, -0.2) is 0 Å². The zero-order valence-corrected chi connectivity index (χ0v) is 11.1. The quantitative estimate of drug-likeness (QED) is 0.759. The molecule has 0 saturated carbocycles. The number of hydrogen-bond acceptors (Lipinski definition) is 5. The fraction of sp³-hybridized carbons (Fsp3) is 0.462. The SMILES string of the molecule is CCNC(C)c1ccc(N2CC(=O)NC(=O)C2)cn1. The molecule has 0 spiro atoms. The smallest absolute Gasteiger partial charge is 0.246 e. The van der Waals surface area contributed by atoms with E-state index in [1.165, 1.54) is 0 Å². The molecule has 2 N–H and O–H groups in total. The van der Waals surface area contributed by atoms with Gasteiger partial charge in [-0.1, -0.05) is 6.92 Å².